The van der Waals surface area contributed by atoms with Crippen LogP contribution in [0.25, 0.3) is 0 Å². The van der Waals surface area contributed by atoms with Gasteiger partial charge >= 0.3 is 0 Å². The molecule has 0 aromatic heterocycles. The number of piperidine rings is 1. The second kappa shape index (κ2) is 7.26. The Morgan fingerprint density at radius 1 is 1.33 bits per heavy atom. The lowest BCUT2D eigenvalue weighted by Crippen LogP contribution is -2.35. The molecule has 3 heteroatoms. The van der Waals surface area contributed by atoms with Gasteiger partial charge in [0.05, 0.1) is 0 Å². The molecule has 0 spiro atoms. The molecule has 1 aliphatic heterocycles. The fourth-order valence-corrected chi connectivity index (χ4v) is 3.33. The minimum absolute atomic E-state index is 0.100. The van der Waals surface area contributed by atoms with Gasteiger partial charge in [-0.3, -0.25) is 0 Å². The van der Waals surface area contributed by atoms with Crippen molar-refractivity contribution in [1.29, 1.82) is 0 Å². The number of benzene rings is 1. The van der Waals surface area contributed by atoms with Gasteiger partial charge in [0.2, 0.25) is 0 Å². The average molecular weight is 292 g/mol. The summed E-state index contributed by atoms with van der Waals surface area (Å²) in [6.45, 7) is 8.41. The van der Waals surface area contributed by atoms with E-state index in [4.69, 9.17) is 0 Å². The van der Waals surface area contributed by atoms with Gasteiger partial charge in [-0.2, -0.15) is 0 Å². The lowest BCUT2D eigenvalue weighted by Gasteiger charge is -2.36. The molecule has 1 aromatic rings. The SMILES string of the molecule is CCCC1CCN(c2cc(C)c(F)cc2C(C)NC)CC1. The quantitative estimate of drug-likeness (QED) is 0.863. The van der Waals surface area contributed by atoms with Crippen molar-refractivity contribution in [2.45, 2.75) is 52.5 Å². The predicted molar refractivity (Wildman–Crippen MR) is 88.5 cm³/mol. The number of anilines is 1. The van der Waals surface area contributed by atoms with Crippen molar-refractivity contribution in [2.75, 3.05) is 25.0 Å². The molecule has 2 nitrogen and oxygen atoms in total. The molecule has 21 heavy (non-hydrogen) atoms. The van der Waals surface area contributed by atoms with Crippen LogP contribution in [0.3, 0.4) is 0 Å². The summed E-state index contributed by atoms with van der Waals surface area (Å²) in [6, 6.07) is 3.91. The van der Waals surface area contributed by atoms with E-state index in [2.05, 4.69) is 24.1 Å². The van der Waals surface area contributed by atoms with Crippen LogP contribution in [0.2, 0.25) is 0 Å². The first-order valence-electron chi connectivity index (χ1n) is 8.29. The Morgan fingerprint density at radius 3 is 2.57 bits per heavy atom. The number of nitrogens with zero attached hydrogens (tertiary/aromatic N) is 1. The third-order valence-electron chi connectivity index (χ3n) is 4.86. The topological polar surface area (TPSA) is 15.3 Å². The van der Waals surface area contributed by atoms with Crippen LogP contribution in [0.4, 0.5) is 10.1 Å². The van der Waals surface area contributed by atoms with E-state index >= 15 is 0 Å². The first kappa shape index (κ1) is 16.3. The van der Waals surface area contributed by atoms with Gasteiger partial charge in [0.15, 0.2) is 0 Å². The monoisotopic (exact) mass is 292 g/mol. The predicted octanol–water partition coefficient (Wildman–Crippen LogP) is 4.43. The number of halogens is 1. The maximum Gasteiger partial charge on any atom is 0.126 e. The normalized spacial score (nSPS) is 18.0. The summed E-state index contributed by atoms with van der Waals surface area (Å²) in [5, 5.41) is 3.24. The molecule has 0 saturated carbocycles. The summed E-state index contributed by atoms with van der Waals surface area (Å²) in [5.74, 6) is 0.773. The molecule has 1 heterocycles. The van der Waals surface area contributed by atoms with Crippen molar-refractivity contribution >= 4 is 5.69 Å². The van der Waals surface area contributed by atoms with E-state index < -0.39 is 0 Å². The van der Waals surface area contributed by atoms with Crippen LogP contribution in [0.1, 0.15) is 56.7 Å². The van der Waals surface area contributed by atoms with E-state index in [9.17, 15) is 4.39 Å². The summed E-state index contributed by atoms with van der Waals surface area (Å²) in [4.78, 5) is 2.45. The zero-order chi connectivity index (χ0) is 15.4. The first-order chi connectivity index (χ1) is 10.1. The molecular weight excluding hydrogens is 263 g/mol. The third-order valence-corrected chi connectivity index (χ3v) is 4.86. The van der Waals surface area contributed by atoms with Gasteiger partial charge in [0.25, 0.3) is 0 Å². The summed E-state index contributed by atoms with van der Waals surface area (Å²) in [7, 11) is 1.93. The summed E-state index contributed by atoms with van der Waals surface area (Å²) >= 11 is 0. The smallest absolute Gasteiger partial charge is 0.126 e. The number of rotatable bonds is 5. The largest absolute Gasteiger partial charge is 0.371 e. The van der Waals surface area contributed by atoms with Crippen LogP contribution in [0, 0.1) is 18.7 Å². The van der Waals surface area contributed by atoms with Gasteiger partial charge in [-0.25, -0.2) is 4.39 Å². The van der Waals surface area contributed by atoms with Crippen LogP contribution < -0.4 is 10.2 Å². The summed E-state index contributed by atoms with van der Waals surface area (Å²) in [5.41, 5.74) is 3.04. The van der Waals surface area contributed by atoms with Gasteiger partial charge in [-0.05, 0) is 62.9 Å². The van der Waals surface area contributed by atoms with Crippen LogP contribution in [-0.4, -0.2) is 20.1 Å². The van der Waals surface area contributed by atoms with E-state index in [0.29, 0.717) is 0 Å². The van der Waals surface area contributed by atoms with Crippen LogP contribution in [0.15, 0.2) is 12.1 Å². The zero-order valence-corrected chi connectivity index (χ0v) is 13.9. The maximum atomic E-state index is 13.9. The number of hydrogen-bond donors (Lipinski definition) is 1. The highest BCUT2D eigenvalue weighted by molar-refractivity contribution is 5.57. The average Bonchev–Trinajstić information content (AvgIpc) is 2.50. The lowest BCUT2D eigenvalue weighted by molar-refractivity contribution is 0.377. The van der Waals surface area contributed by atoms with Crippen molar-refractivity contribution in [1.82, 2.24) is 5.32 Å². The van der Waals surface area contributed by atoms with Gasteiger partial charge in [0, 0.05) is 24.8 Å². The molecule has 0 radical (unpaired) electrons. The van der Waals surface area contributed by atoms with Crippen LogP contribution in [-0.2, 0) is 0 Å². The second-order valence-electron chi connectivity index (χ2n) is 6.39. The molecule has 1 unspecified atom stereocenters. The molecule has 2 rings (SSSR count). The van der Waals surface area contributed by atoms with E-state index in [1.54, 1.807) is 6.07 Å². The second-order valence-corrected chi connectivity index (χ2v) is 6.39. The summed E-state index contributed by atoms with van der Waals surface area (Å²) in [6.07, 6.45) is 5.15. The van der Waals surface area contributed by atoms with Crippen molar-refractivity contribution in [2.24, 2.45) is 5.92 Å². The van der Waals surface area contributed by atoms with Gasteiger partial charge in [-0.1, -0.05) is 19.8 Å². The molecule has 0 bridgehead atoms. The zero-order valence-electron chi connectivity index (χ0n) is 13.9. The Kier molecular flexibility index (Phi) is 5.63. The minimum atomic E-state index is -0.100. The molecule has 0 amide bonds. The Balaban J connectivity index is 2.21. The van der Waals surface area contributed by atoms with Gasteiger partial charge < -0.3 is 10.2 Å². The fourth-order valence-electron chi connectivity index (χ4n) is 3.33. The van der Waals surface area contributed by atoms with Gasteiger partial charge in [-0.15, -0.1) is 0 Å². The Bertz CT molecular complexity index is 465. The highest BCUT2D eigenvalue weighted by Gasteiger charge is 2.22. The molecule has 118 valence electrons. The Hall–Kier alpha value is -1.09. The molecule has 1 atom stereocenters. The molecule has 0 aliphatic carbocycles. The third kappa shape index (κ3) is 3.76. The minimum Gasteiger partial charge on any atom is -0.371 e. The molecule has 1 N–H and O–H groups in total. The maximum absolute atomic E-state index is 13.9. The molecule has 1 fully saturated rings. The lowest BCUT2D eigenvalue weighted by atomic mass is 9.91. The van der Waals surface area contributed by atoms with E-state index in [1.165, 1.54) is 31.4 Å². The van der Waals surface area contributed by atoms with E-state index in [-0.39, 0.29) is 11.9 Å². The van der Waals surface area contributed by atoms with E-state index in [1.807, 2.05) is 20.0 Å². The number of hydrogen-bond acceptors (Lipinski definition) is 2. The van der Waals surface area contributed by atoms with Gasteiger partial charge in [0.1, 0.15) is 5.82 Å². The Morgan fingerprint density at radius 2 is 2.00 bits per heavy atom. The molecular formula is C18H29FN2. The van der Waals surface area contributed by atoms with Crippen LogP contribution >= 0.6 is 0 Å². The van der Waals surface area contributed by atoms with Crippen molar-refractivity contribution in [3.8, 4) is 0 Å². The van der Waals surface area contributed by atoms with Crippen molar-refractivity contribution in [3.63, 3.8) is 0 Å². The van der Waals surface area contributed by atoms with Crippen LogP contribution in [0.5, 0.6) is 0 Å². The highest BCUT2D eigenvalue weighted by Crippen LogP contribution is 2.33. The van der Waals surface area contributed by atoms with Crippen molar-refractivity contribution < 1.29 is 4.39 Å². The fraction of sp³-hybridized carbons (Fsp3) is 0.667. The number of nitrogens with one attached hydrogen (secondary N) is 1. The molecule has 1 saturated heterocycles. The van der Waals surface area contributed by atoms with E-state index in [0.717, 1.165) is 30.1 Å². The van der Waals surface area contributed by atoms with Crippen molar-refractivity contribution in [3.05, 3.63) is 29.1 Å². The first-order valence-corrected chi connectivity index (χ1v) is 8.29. The number of aryl methyl sites for hydroxylation is 1. The summed E-state index contributed by atoms with van der Waals surface area (Å²) < 4.78 is 13.9. The Labute approximate surface area is 128 Å². The molecule has 1 aliphatic rings. The molecule has 1 aromatic carbocycles. The standard InChI is InChI=1S/C18H29FN2/c1-5-6-15-7-9-21(10-8-15)18-11-13(2)17(19)12-16(18)14(3)20-4/h11-12,14-15,20H,5-10H2,1-4H3. The highest BCUT2D eigenvalue weighted by atomic mass is 19.1.